The molecule has 0 saturated heterocycles. The second kappa shape index (κ2) is 8.60. The summed E-state index contributed by atoms with van der Waals surface area (Å²) in [6.45, 7) is 4.38. The molecular weight excluding hydrogens is 358 g/mol. The van der Waals surface area contributed by atoms with Gasteiger partial charge in [-0.15, -0.1) is 11.3 Å². The van der Waals surface area contributed by atoms with Gasteiger partial charge < -0.3 is 10.6 Å². The van der Waals surface area contributed by atoms with Gasteiger partial charge in [-0.25, -0.2) is 4.98 Å². The monoisotopic (exact) mass is 379 g/mol. The zero-order valence-electron chi connectivity index (χ0n) is 15.3. The van der Waals surface area contributed by atoms with Gasteiger partial charge >= 0.3 is 0 Å². The van der Waals surface area contributed by atoms with Crippen LogP contribution in [0.15, 0.2) is 53.9 Å². The van der Waals surface area contributed by atoms with Crippen LogP contribution >= 0.6 is 11.3 Å². The Morgan fingerprint density at radius 2 is 1.85 bits per heavy atom. The van der Waals surface area contributed by atoms with Gasteiger partial charge in [-0.1, -0.05) is 42.0 Å². The third-order valence-corrected chi connectivity index (χ3v) is 4.84. The van der Waals surface area contributed by atoms with Crippen molar-refractivity contribution < 1.29 is 9.59 Å². The van der Waals surface area contributed by atoms with Gasteiger partial charge in [-0.2, -0.15) is 0 Å². The largest absolute Gasteiger partial charge is 0.352 e. The summed E-state index contributed by atoms with van der Waals surface area (Å²) in [6.07, 6.45) is 0.192. The fraction of sp³-hybridized carbons (Fsp3) is 0.190. The van der Waals surface area contributed by atoms with Gasteiger partial charge in [0.2, 0.25) is 5.91 Å². The number of rotatable bonds is 6. The number of aryl methyl sites for hydroxylation is 2. The average molecular weight is 379 g/mol. The van der Waals surface area contributed by atoms with E-state index in [1.807, 2.05) is 17.5 Å². The predicted molar refractivity (Wildman–Crippen MR) is 109 cm³/mol. The molecule has 1 aromatic heterocycles. The molecule has 5 nitrogen and oxygen atoms in total. The number of amides is 2. The van der Waals surface area contributed by atoms with E-state index >= 15 is 0 Å². The van der Waals surface area contributed by atoms with Crippen molar-refractivity contribution in [2.24, 2.45) is 0 Å². The SMILES string of the molecule is Cc1ccc(-c2csc(NC(=O)CCNC(=O)c3ccccc3)n2)c(C)c1. The van der Waals surface area contributed by atoms with E-state index in [1.165, 1.54) is 16.9 Å². The lowest BCUT2D eigenvalue weighted by molar-refractivity contribution is -0.116. The summed E-state index contributed by atoms with van der Waals surface area (Å²) < 4.78 is 0. The Kier molecular flexibility index (Phi) is 5.98. The van der Waals surface area contributed by atoms with E-state index in [2.05, 4.69) is 41.6 Å². The molecule has 0 atom stereocenters. The molecule has 3 rings (SSSR count). The third kappa shape index (κ3) is 5.01. The predicted octanol–water partition coefficient (Wildman–Crippen LogP) is 4.19. The van der Waals surface area contributed by atoms with E-state index in [0.29, 0.717) is 10.7 Å². The normalized spacial score (nSPS) is 10.4. The number of hydrogen-bond donors (Lipinski definition) is 2. The minimum Gasteiger partial charge on any atom is -0.352 e. The quantitative estimate of drug-likeness (QED) is 0.675. The molecule has 0 unspecified atom stereocenters. The van der Waals surface area contributed by atoms with Crippen LogP contribution in [0.2, 0.25) is 0 Å². The molecule has 0 fully saturated rings. The van der Waals surface area contributed by atoms with Gasteiger partial charge in [-0.05, 0) is 31.5 Å². The van der Waals surface area contributed by atoms with E-state index in [1.54, 1.807) is 24.3 Å². The van der Waals surface area contributed by atoms with Crippen LogP contribution in [0.5, 0.6) is 0 Å². The Labute approximate surface area is 162 Å². The first-order chi connectivity index (χ1) is 13.0. The minimum atomic E-state index is -0.185. The molecule has 1 heterocycles. The van der Waals surface area contributed by atoms with Gasteiger partial charge in [0, 0.05) is 29.5 Å². The van der Waals surface area contributed by atoms with E-state index in [0.717, 1.165) is 16.8 Å². The third-order valence-electron chi connectivity index (χ3n) is 4.08. The maximum atomic E-state index is 12.1. The molecule has 0 saturated carbocycles. The second-order valence-electron chi connectivity index (χ2n) is 6.28. The van der Waals surface area contributed by atoms with Crippen LogP contribution in [-0.2, 0) is 4.79 Å². The van der Waals surface area contributed by atoms with Crippen LogP contribution in [0.4, 0.5) is 5.13 Å². The van der Waals surface area contributed by atoms with E-state index in [-0.39, 0.29) is 24.8 Å². The van der Waals surface area contributed by atoms with Crippen LogP contribution in [0.3, 0.4) is 0 Å². The van der Waals surface area contributed by atoms with Crippen LogP contribution in [0, 0.1) is 13.8 Å². The van der Waals surface area contributed by atoms with Gasteiger partial charge in [0.05, 0.1) is 5.69 Å². The summed E-state index contributed by atoms with van der Waals surface area (Å²) in [5.74, 6) is -0.361. The van der Waals surface area contributed by atoms with Crippen molar-refractivity contribution in [3.63, 3.8) is 0 Å². The van der Waals surface area contributed by atoms with Crippen molar-refractivity contribution in [3.8, 4) is 11.3 Å². The Morgan fingerprint density at radius 1 is 1.07 bits per heavy atom. The summed E-state index contributed by atoms with van der Waals surface area (Å²) in [5, 5.41) is 8.03. The molecule has 2 aromatic carbocycles. The molecule has 0 aliphatic heterocycles. The molecule has 0 aliphatic rings. The zero-order valence-corrected chi connectivity index (χ0v) is 16.1. The molecule has 2 amide bonds. The molecule has 27 heavy (non-hydrogen) atoms. The lowest BCUT2D eigenvalue weighted by Crippen LogP contribution is -2.27. The highest BCUT2D eigenvalue weighted by molar-refractivity contribution is 7.14. The van der Waals surface area contributed by atoms with Crippen molar-refractivity contribution >= 4 is 28.3 Å². The molecule has 6 heteroatoms. The first kappa shape index (κ1) is 18.8. The van der Waals surface area contributed by atoms with Crippen LogP contribution in [-0.4, -0.2) is 23.3 Å². The molecule has 0 aliphatic carbocycles. The van der Waals surface area contributed by atoms with Crippen LogP contribution < -0.4 is 10.6 Å². The van der Waals surface area contributed by atoms with Crippen molar-refractivity contribution in [2.75, 3.05) is 11.9 Å². The highest BCUT2D eigenvalue weighted by Crippen LogP contribution is 2.28. The number of carbonyl (C=O) groups is 2. The number of nitrogens with one attached hydrogen (secondary N) is 2. The number of benzene rings is 2. The molecule has 3 aromatic rings. The first-order valence-corrected chi connectivity index (χ1v) is 9.57. The van der Waals surface area contributed by atoms with E-state index in [4.69, 9.17) is 0 Å². The Bertz CT molecular complexity index is 951. The zero-order chi connectivity index (χ0) is 19.2. The van der Waals surface area contributed by atoms with Crippen molar-refractivity contribution in [1.29, 1.82) is 0 Å². The minimum absolute atomic E-state index is 0.176. The summed E-state index contributed by atoms with van der Waals surface area (Å²) in [6, 6.07) is 15.1. The van der Waals surface area contributed by atoms with Gasteiger partial charge in [0.1, 0.15) is 0 Å². The average Bonchev–Trinajstić information content (AvgIpc) is 3.10. The molecule has 0 spiro atoms. The number of thiazole rings is 1. The lowest BCUT2D eigenvalue weighted by atomic mass is 10.0. The number of anilines is 1. The van der Waals surface area contributed by atoms with Gasteiger partial charge in [0.25, 0.3) is 5.91 Å². The lowest BCUT2D eigenvalue weighted by Gasteiger charge is -2.05. The Morgan fingerprint density at radius 3 is 2.59 bits per heavy atom. The molecule has 2 N–H and O–H groups in total. The highest BCUT2D eigenvalue weighted by atomic mass is 32.1. The smallest absolute Gasteiger partial charge is 0.251 e. The molecule has 0 bridgehead atoms. The summed E-state index contributed by atoms with van der Waals surface area (Å²) in [4.78, 5) is 28.5. The van der Waals surface area contributed by atoms with E-state index < -0.39 is 0 Å². The maximum Gasteiger partial charge on any atom is 0.251 e. The summed E-state index contributed by atoms with van der Waals surface area (Å²) in [7, 11) is 0. The summed E-state index contributed by atoms with van der Waals surface area (Å²) >= 11 is 1.39. The fourth-order valence-electron chi connectivity index (χ4n) is 2.72. The van der Waals surface area contributed by atoms with Crippen molar-refractivity contribution in [1.82, 2.24) is 10.3 Å². The molecular formula is C21H21N3O2S. The number of aromatic nitrogens is 1. The first-order valence-electron chi connectivity index (χ1n) is 8.69. The number of hydrogen-bond acceptors (Lipinski definition) is 4. The Balaban J connectivity index is 1.51. The highest BCUT2D eigenvalue weighted by Gasteiger charge is 2.11. The standard InChI is InChI=1S/C21H21N3O2S/c1-14-8-9-17(15(2)12-14)18-13-27-21(23-18)24-19(25)10-11-22-20(26)16-6-4-3-5-7-16/h3-9,12-13H,10-11H2,1-2H3,(H,22,26)(H,23,24,25). The van der Waals surface area contributed by atoms with Gasteiger partial charge in [-0.3, -0.25) is 9.59 Å². The maximum absolute atomic E-state index is 12.1. The summed E-state index contributed by atoms with van der Waals surface area (Å²) in [5.41, 5.74) is 4.85. The van der Waals surface area contributed by atoms with Crippen molar-refractivity contribution in [3.05, 3.63) is 70.6 Å². The van der Waals surface area contributed by atoms with Crippen LogP contribution in [0.1, 0.15) is 27.9 Å². The molecule has 138 valence electrons. The Hall–Kier alpha value is -2.99. The number of carbonyl (C=O) groups excluding carboxylic acids is 2. The van der Waals surface area contributed by atoms with E-state index in [9.17, 15) is 9.59 Å². The number of nitrogens with zero attached hydrogens (tertiary/aromatic N) is 1. The second-order valence-corrected chi connectivity index (χ2v) is 7.13. The van der Waals surface area contributed by atoms with Crippen LogP contribution in [0.25, 0.3) is 11.3 Å². The topological polar surface area (TPSA) is 71.1 Å². The molecule has 0 radical (unpaired) electrons. The fourth-order valence-corrected chi connectivity index (χ4v) is 3.45. The van der Waals surface area contributed by atoms with Crippen molar-refractivity contribution in [2.45, 2.75) is 20.3 Å². The van der Waals surface area contributed by atoms with Gasteiger partial charge in [0.15, 0.2) is 5.13 Å².